The average Bonchev–Trinajstić information content (AvgIpc) is 2.27. The number of likely N-dealkylation sites (tertiary alicyclic amines) is 1. The van der Waals surface area contributed by atoms with Gasteiger partial charge in [-0.15, -0.1) is 0 Å². The van der Waals surface area contributed by atoms with Gasteiger partial charge in [0.25, 0.3) is 0 Å². The van der Waals surface area contributed by atoms with Crippen LogP contribution in [0.1, 0.15) is 33.1 Å². The first-order chi connectivity index (χ1) is 7.58. The molecule has 16 heavy (non-hydrogen) atoms. The number of nitrogens with zero attached hydrogens (tertiary/aromatic N) is 1. The lowest BCUT2D eigenvalue weighted by Crippen LogP contribution is -2.43. The SMILES string of the molecule is CCOCCCN1CCC(C)(C(=O)O)CC1. The molecule has 1 saturated heterocycles. The van der Waals surface area contributed by atoms with Crippen LogP contribution in [-0.2, 0) is 9.53 Å². The molecule has 0 unspecified atom stereocenters. The van der Waals surface area contributed by atoms with Gasteiger partial charge in [-0.05, 0) is 46.2 Å². The molecule has 0 aliphatic carbocycles. The van der Waals surface area contributed by atoms with Crippen LogP contribution in [0, 0.1) is 5.41 Å². The van der Waals surface area contributed by atoms with Crippen molar-refractivity contribution in [2.75, 3.05) is 32.8 Å². The van der Waals surface area contributed by atoms with E-state index in [0.717, 1.165) is 52.1 Å². The van der Waals surface area contributed by atoms with Gasteiger partial charge in [-0.25, -0.2) is 0 Å². The molecule has 0 aromatic carbocycles. The molecule has 1 heterocycles. The van der Waals surface area contributed by atoms with E-state index in [9.17, 15) is 4.79 Å². The van der Waals surface area contributed by atoms with Crippen LogP contribution in [-0.4, -0.2) is 48.8 Å². The summed E-state index contributed by atoms with van der Waals surface area (Å²) in [6.45, 7) is 8.26. The predicted molar refractivity (Wildman–Crippen MR) is 62.5 cm³/mol. The molecule has 1 fully saturated rings. The van der Waals surface area contributed by atoms with Gasteiger partial charge in [0, 0.05) is 19.8 Å². The molecule has 1 N–H and O–H groups in total. The summed E-state index contributed by atoms with van der Waals surface area (Å²) in [7, 11) is 0. The third-order valence-corrected chi connectivity index (χ3v) is 3.44. The molecule has 0 aromatic heterocycles. The number of rotatable bonds is 6. The van der Waals surface area contributed by atoms with E-state index >= 15 is 0 Å². The van der Waals surface area contributed by atoms with Gasteiger partial charge in [-0.2, -0.15) is 0 Å². The van der Waals surface area contributed by atoms with Gasteiger partial charge in [0.15, 0.2) is 0 Å². The second kappa shape index (κ2) is 6.21. The average molecular weight is 229 g/mol. The maximum atomic E-state index is 11.0. The van der Waals surface area contributed by atoms with Crippen LogP contribution in [0.25, 0.3) is 0 Å². The van der Waals surface area contributed by atoms with Crippen LogP contribution in [0.5, 0.6) is 0 Å². The maximum absolute atomic E-state index is 11.0. The van der Waals surface area contributed by atoms with Crippen LogP contribution < -0.4 is 0 Å². The molecule has 0 radical (unpaired) electrons. The zero-order chi connectivity index (χ0) is 12.0. The number of carboxylic acids is 1. The van der Waals surface area contributed by atoms with Gasteiger partial charge in [-0.1, -0.05) is 0 Å². The number of carboxylic acid groups (broad SMARTS) is 1. The lowest BCUT2D eigenvalue weighted by molar-refractivity contribution is -0.150. The Morgan fingerprint density at radius 1 is 1.44 bits per heavy atom. The Morgan fingerprint density at radius 2 is 2.06 bits per heavy atom. The lowest BCUT2D eigenvalue weighted by Gasteiger charge is -2.36. The van der Waals surface area contributed by atoms with Gasteiger partial charge < -0.3 is 14.7 Å². The van der Waals surface area contributed by atoms with E-state index in [1.807, 2.05) is 13.8 Å². The number of aliphatic carboxylic acids is 1. The molecule has 94 valence electrons. The van der Waals surface area contributed by atoms with Crippen molar-refractivity contribution in [1.29, 1.82) is 0 Å². The van der Waals surface area contributed by atoms with Crippen molar-refractivity contribution in [2.24, 2.45) is 5.41 Å². The third kappa shape index (κ3) is 3.76. The molecule has 0 amide bonds. The Balaban J connectivity index is 2.19. The Morgan fingerprint density at radius 3 is 2.56 bits per heavy atom. The van der Waals surface area contributed by atoms with E-state index in [1.54, 1.807) is 0 Å². The summed E-state index contributed by atoms with van der Waals surface area (Å²) in [5.41, 5.74) is -0.504. The molecule has 0 bridgehead atoms. The fourth-order valence-electron chi connectivity index (χ4n) is 2.02. The van der Waals surface area contributed by atoms with Crippen LogP contribution in [0.3, 0.4) is 0 Å². The number of hydrogen-bond acceptors (Lipinski definition) is 3. The van der Waals surface area contributed by atoms with Gasteiger partial charge in [-0.3, -0.25) is 4.79 Å². The third-order valence-electron chi connectivity index (χ3n) is 3.44. The number of carbonyl (C=O) groups is 1. The number of hydrogen-bond donors (Lipinski definition) is 1. The first kappa shape index (κ1) is 13.5. The first-order valence-corrected chi connectivity index (χ1v) is 6.12. The summed E-state index contributed by atoms with van der Waals surface area (Å²) in [4.78, 5) is 13.4. The quantitative estimate of drug-likeness (QED) is 0.703. The van der Waals surface area contributed by atoms with Crippen molar-refractivity contribution in [3.8, 4) is 0 Å². The highest BCUT2D eigenvalue weighted by Crippen LogP contribution is 2.30. The molecule has 1 aliphatic heterocycles. The molecule has 1 rings (SSSR count). The minimum atomic E-state index is -0.651. The molecule has 0 saturated carbocycles. The van der Waals surface area contributed by atoms with Crippen molar-refractivity contribution >= 4 is 5.97 Å². The zero-order valence-electron chi connectivity index (χ0n) is 10.4. The highest BCUT2D eigenvalue weighted by atomic mass is 16.5. The fraction of sp³-hybridized carbons (Fsp3) is 0.917. The summed E-state index contributed by atoms with van der Waals surface area (Å²) in [6, 6.07) is 0. The molecule has 0 aromatic rings. The van der Waals surface area contributed by atoms with E-state index in [0.29, 0.717) is 0 Å². The van der Waals surface area contributed by atoms with Crippen LogP contribution >= 0.6 is 0 Å². The fourth-order valence-corrected chi connectivity index (χ4v) is 2.02. The molecule has 1 aliphatic rings. The van der Waals surface area contributed by atoms with Gasteiger partial charge in [0.2, 0.25) is 0 Å². The van der Waals surface area contributed by atoms with Crippen LogP contribution in [0.2, 0.25) is 0 Å². The highest BCUT2D eigenvalue weighted by Gasteiger charge is 2.36. The number of piperidine rings is 1. The first-order valence-electron chi connectivity index (χ1n) is 6.12. The van der Waals surface area contributed by atoms with Crippen molar-refractivity contribution in [3.05, 3.63) is 0 Å². The standard InChI is InChI=1S/C12H23NO3/c1-3-16-10-4-7-13-8-5-12(2,6-9-13)11(14)15/h3-10H2,1-2H3,(H,14,15). The lowest BCUT2D eigenvalue weighted by atomic mass is 9.80. The van der Waals surface area contributed by atoms with Gasteiger partial charge in [0.05, 0.1) is 5.41 Å². The maximum Gasteiger partial charge on any atom is 0.309 e. The highest BCUT2D eigenvalue weighted by molar-refractivity contribution is 5.74. The summed E-state index contributed by atoms with van der Waals surface area (Å²) in [6.07, 6.45) is 2.56. The van der Waals surface area contributed by atoms with Crippen molar-refractivity contribution in [2.45, 2.75) is 33.1 Å². The number of ether oxygens (including phenoxy) is 1. The minimum Gasteiger partial charge on any atom is -0.481 e. The van der Waals surface area contributed by atoms with Gasteiger partial charge in [0.1, 0.15) is 0 Å². The van der Waals surface area contributed by atoms with Crippen molar-refractivity contribution in [1.82, 2.24) is 4.90 Å². The van der Waals surface area contributed by atoms with Gasteiger partial charge >= 0.3 is 5.97 Å². The Bertz CT molecular complexity index is 222. The van der Waals surface area contributed by atoms with E-state index < -0.39 is 11.4 Å². The normalized spacial score (nSPS) is 20.9. The Labute approximate surface area is 97.6 Å². The summed E-state index contributed by atoms with van der Waals surface area (Å²) >= 11 is 0. The molecular weight excluding hydrogens is 206 g/mol. The van der Waals surface area contributed by atoms with E-state index in [-0.39, 0.29) is 0 Å². The Kier molecular flexibility index (Phi) is 5.22. The minimum absolute atomic E-state index is 0.504. The monoisotopic (exact) mass is 229 g/mol. The Hall–Kier alpha value is -0.610. The summed E-state index contributed by atoms with van der Waals surface area (Å²) < 4.78 is 5.28. The van der Waals surface area contributed by atoms with Crippen LogP contribution in [0.15, 0.2) is 0 Å². The molecular formula is C12H23NO3. The van der Waals surface area contributed by atoms with Crippen LogP contribution in [0.4, 0.5) is 0 Å². The summed E-state index contributed by atoms with van der Waals surface area (Å²) in [5, 5.41) is 9.09. The second-order valence-electron chi connectivity index (χ2n) is 4.76. The van der Waals surface area contributed by atoms with E-state index in [4.69, 9.17) is 9.84 Å². The van der Waals surface area contributed by atoms with Crippen molar-refractivity contribution < 1.29 is 14.6 Å². The second-order valence-corrected chi connectivity index (χ2v) is 4.76. The topological polar surface area (TPSA) is 49.8 Å². The zero-order valence-corrected chi connectivity index (χ0v) is 10.4. The van der Waals surface area contributed by atoms with E-state index in [2.05, 4.69) is 4.90 Å². The summed E-state index contributed by atoms with van der Waals surface area (Å²) in [5.74, 6) is -0.651. The smallest absolute Gasteiger partial charge is 0.309 e. The molecule has 0 atom stereocenters. The molecule has 4 heteroatoms. The predicted octanol–water partition coefficient (Wildman–Crippen LogP) is 1.60. The molecule has 4 nitrogen and oxygen atoms in total. The van der Waals surface area contributed by atoms with E-state index in [1.165, 1.54) is 0 Å². The molecule has 0 spiro atoms. The van der Waals surface area contributed by atoms with Crippen molar-refractivity contribution in [3.63, 3.8) is 0 Å². The largest absolute Gasteiger partial charge is 0.481 e.